The minimum atomic E-state index is -0.551. The number of hydrogen-bond acceptors (Lipinski definition) is 5. The lowest BCUT2D eigenvalue weighted by atomic mass is 10.1. The Hall–Kier alpha value is -2.75. The number of unbranched alkanes of at least 4 members (excludes halogenated alkanes) is 3. The van der Waals surface area contributed by atoms with E-state index in [9.17, 15) is 9.59 Å². The summed E-state index contributed by atoms with van der Waals surface area (Å²) in [5.74, 6) is -0.467. The molecule has 0 bridgehead atoms. The van der Waals surface area contributed by atoms with Gasteiger partial charge in [0.2, 0.25) is 0 Å². The first-order valence-electron chi connectivity index (χ1n) is 11.8. The van der Waals surface area contributed by atoms with Crippen LogP contribution >= 0.6 is 39.5 Å². The normalized spacial score (nSPS) is 10.6. The zero-order chi connectivity index (χ0) is 26.1. The van der Waals surface area contributed by atoms with E-state index in [1.54, 1.807) is 12.1 Å². The van der Waals surface area contributed by atoms with Gasteiger partial charge in [-0.3, -0.25) is 14.9 Å². The predicted molar refractivity (Wildman–Crippen MR) is 154 cm³/mol. The van der Waals surface area contributed by atoms with E-state index >= 15 is 0 Å². The Bertz CT molecular complexity index is 1230. The van der Waals surface area contributed by atoms with E-state index in [2.05, 4.69) is 33.5 Å². The third kappa shape index (κ3) is 7.62. The van der Waals surface area contributed by atoms with Crippen LogP contribution in [0.2, 0.25) is 0 Å². The molecule has 9 heteroatoms. The number of thiocarbonyl (C=S) groups is 1. The molecule has 3 rings (SSSR count). The van der Waals surface area contributed by atoms with Crippen molar-refractivity contribution in [3.8, 4) is 5.75 Å². The van der Waals surface area contributed by atoms with Crippen LogP contribution in [-0.4, -0.2) is 23.5 Å². The highest BCUT2D eigenvalue weighted by molar-refractivity contribution is 9.10. The van der Waals surface area contributed by atoms with Crippen LogP contribution in [0.15, 0.2) is 53.0 Å². The lowest BCUT2D eigenvalue weighted by Gasteiger charge is -2.13. The molecule has 3 aromatic rings. The highest BCUT2D eigenvalue weighted by Gasteiger charge is 2.21. The zero-order valence-corrected chi connectivity index (χ0v) is 23.6. The summed E-state index contributed by atoms with van der Waals surface area (Å²) in [6.45, 7) is 4.56. The molecule has 0 fully saturated rings. The topological polar surface area (TPSA) is 93.4 Å². The summed E-state index contributed by atoms with van der Waals surface area (Å²) in [5, 5.41) is 6.29. The van der Waals surface area contributed by atoms with Crippen molar-refractivity contribution in [3.63, 3.8) is 0 Å². The van der Waals surface area contributed by atoms with E-state index in [1.807, 2.05) is 43.3 Å². The molecule has 2 amide bonds. The summed E-state index contributed by atoms with van der Waals surface area (Å²) in [7, 11) is 0. The van der Waals surface area contributed by atoms with Crippen molar-refractivity contribution < 1.29 is 14.3 Å². The van der Waals surface area contributed by atoms with Crippen LogP contribution in [0, 0.1) is 6.92 Å². The van der Waals surface area contributed by atoms with Crippen molar-refractivity contribution in [3.05, 3.63) is 80.1 Å². The van der Waals surface area contributed by atoms with Crippen LogP contribution in [0.5, 0.6) is 5.75 Å². The van der Waals surface area contributed by atoms with Crippen LogP contribution in [0.3, 0.4) is 0 Å². The number of thiophene rings is 1. The average Bonchev–Trinajstić information content (AvgIpc) is 3.14. The molecule has 0 radical (unpaired) electrons. The second-order valence-corrected chi connectivity index (χ2v) is 10.8. The van der Waals surface area contributed by atoms with E-state index in [0.717, 1.165) is 46.2 Å². The average molecular weight is 589 g/mol. The standard InChI is InChI=1S/C27H30BrN3O3S2/c1-3-4-5-9-14-34-21-13-12-19(28)16-20(21)25(33)30-27(35)31-26-23(24(29)32)17(2)22(36-26)15-18-10-7-6-8-11-18/h6-8,10-13,16H,3-5,9,14-15H2,1-2H3,(H2,29,32)(H2,30,31,33,35). The fourth-order valence-corrected chi connectivity index (χ4v) is 5.59. The zero-order valence-electron chi connectivity index (χ0n) is 20.4. The molecule has 0 unspecified atom stereocenters. The molecule has 2 aromatic carbocycles. The summed E-state index contributed by atoms with van der Waals surface area (Å²) in [6.07, 6.45) is 4.96. The van der Waals surface area contributed by atoms with Gasteiger partial charge < -0.3 is 15.8 Å². The number of carbonyl (C=O) groups excluding carboxylic acids is 2. The maximum atomic E-state index is 13.1. The van der Waals surface area contributed by atoms with E-state index in [0.29, 0.717) is 34.9 Å². The second kappa shape index (κ2) is 13.5. The van der Waals surface area contributed by atoms with Gasteiger partial charge in [-0.2, -0.15) is 0 Å². The number of benzene rings is 2. The predicted octanol–water partition coefficient (Wildman–Crippen LogP) is 6.59. The minimum Gasteiger partial charge on any atom is -0.493 e. The smallest absolute Gasteiger partial charge is 0.261 e. The molecule has 0 aliphatic carbocycles. The van der Waals surface area contributed by atoms with Gasteiger partial charge in [-0.1, -0.05) is 72.4 Å². The summed E-state index contributed by atoms with van der Waals surface area (Å²) < 4.78 is 6.63. The quantitative estimate of drug-likeness (QED) is 0.174. The molecule has 0 atom stereocenters. The third-order valence-electron chi connectivity index (χ3n) is 5.60. The number of anilines is 1. The Morgan fingerprint density at radius 1 is 1.11 bits per heavy atom. The molecule has 0 aliphatic heterocycles. The van der Waals surface area contributed by atoms with Crippen molar-refractivity contribution in [1.82, 2.24) is 5.32 Å². The lowest BCUT2D eigenvalue weighted by molar-refractivity contribution is 0.0971. The molecule has 4 N–H and O–H groups in total. The van der Waals surface area contributed by atoms with E-state index in [4.69, 9.17) is 22.7 Å². The first-order chi connectivity index (χ1) is 17.3. The number of nitrogens with one attached hydrogen (secondary N) is 2. The number of nitrogens with two attached hydrogens (primary N) is 1. The highest BCUT2D eigenvalue weighted by Crippen LogP contribution is 2.34. The van der Waals surface area contributed by atoms with E-state index in [1.165, 1.54) is 11.3 Å². The Labute approximate surface area is 229 Å². The largest absolute Gasteiger partial charge is 0.493 e. The number of carbonyl (C=O) groups is 2. The Morgan fingerprint density at radius 2 is 1.86 bits per heavy atom. The van der Waals surface area contributed by atoms with Crippen LogP contribution in [0.4, 0.5) is 5.00 Å². The van der Waals surface area contributed by atoms with Crippen molar-refractivity contribution in [2.24, 2.45) is 5.73 Å². The molecule has 0 saturated carbocycles. The van der Waals surface area contributed by atoms with E-state index < -0.39 is 11.8 Å². The molecular formula is C27H30BrN3O3S2. The van der Waals surface area contributed by atoms with Crippen molar-refractivity contribution in [1.29, 1.82) is 0 Å². The fourth-order valence-electron chi connectivity index (χ4n) is 3.72. The molecule has 36 heavy (non-hydrogen) atoms. The van der Waals surface area contributed by atoms with Gasteiger partial charge in [0.05, 0.1) is 17.7 Å². The first kappa shape index (κ1) is 27.8. The van der Waals surface area contributed by atoms with Gasteiger partial charge in [0.15, 0.2) is 5.11 Å². The Kier molecular flexibility index (Phi) is 10.5. The fraction of sp³-hybridized carbons (Fsp3) is 0.296. The maximum Gasteiger partial charge on any atom is 0.261 e. The molecule has 190 valence electrons. The summed E-state index contributed by atoms with van der Waals surface area (Å²) >= 11 is 10.2. The maximum absolute atomic E-state index is 13.1. The van der Waals surface area contributed by atoms with Crippen molar-refractivity contribution in [2.45, 2.75) is 46.0 Å². The second-order valence-electron chi connectivity index (χ2n) is 8.34. The number of rotatable bonds is 11. The monoisotopic (exact) mass is 587 g/mol. The van der Waals surface area contributed by atoms with Gasteiger partial charge in [-0.15, -0.1) is 11.3 Å². The molecule has 0 aliphatic rings. The number of primary amides is 1. The molecule has 1 heterocycles. The van der Waals surface area contributed by atoms with Gasteiger partial charge in [-0.05, 0) is 54.9 Å². The lowest BCUT2D eigenvalue weighted by Crippen LogP contribution is -2.34. The van der Waals surface area contributed by atoms with Gasteiger partial charge in [0.25, 0.3) is 11.8 Å². The molecular weight excluding hydrogens is 558 g/mol. The number of hydrogen-bond donors (Lipinski definition) is 3. The van der Waals surface area contributed by atoms with Gasteiger partial charge >= 0.3 is 0 Å². The Balaban J connectivity index is 1.72. The summed E-state index contributed by atoms with van der Waals surface area (Å²) in [6, 6.07) is 15.3. The van der Waals surface area contributed by atoms with Crippen LogP contribution < -0.4 is 21.1 Å². The number of amides is 2. The van der Waals surface area contributed by atoms with Gasteiger partial charge in [0, 0.05) is 15.8 Å². The Morgan fingerprint density at radius 3 is 2.56 bits per heavy atom. The minimum absolute atomic E-state index is 0.0730. The van der Waals surface area contributed by atoms with Crippen LogP contribution in [0.25, 0.3) is 0 Å². The SMILES string of the molecule is CCCCCCOc1ccc(Br)cc1C(=O)NC(=S)Nc1sc(Cc2ccccc2)c(C)c1C(N)=O. The third-order valence-corrected chi connectivity index (χ3v) is 7.50. The number of halogens is 1. The van der Waals surface area contributed by atoms with Crippen molar-refractivity contribution in [2.75, 3.05) is 11.9 Å². The highest BCUT2D eigenvalue weighted by atomic mass is 79.9. The van der Waals surface area contributed by atoms with Crippen LogP contribution in [0.1, 0.15) is 69.3 Å². The molecule has 0 saturated heterocycles. The molecule has 6 nitrogen and oxygen atoms in total. The molecule has 1 aromatic heterocycles. The molecule has 0 spiro atoms. The van der Waals surface area contributed by atoms with E-state index in [-0.39, 0.29) is 5.11 Å². The summed E-state index contributed by atoms with van der Waals surface area (Å²) in [5.41, 5.74) is 8.35. The van der Waals surface area contributed by atoms with Gasteiger partial charge in [-0.25, -0.2) is 0 Å². The first-order valence-corrected chi connectivity index (χ1v) is 13.8. The van der Waals surface area contributed by atoms with Crippen LogP contribution in [-0.2, 0) is 6.42 Å². The van der Waals surface area contributed by atoms with Crippen molar-refractivity contribution >= 4 is 61.4 Å². The number of ether oxygens (including phenoxy) is 1. The van der Waals surface area contributed by atoms with Gasteiger partial charge in [0.1, 0.15) is 10.8 Å². The summed E-state index contributed by atoms with van der Waals surface area (Å²) in [4.78, 5) is 26.3.